The van der Waals surface area contributed by atoms with E-state index in [1.807, 2.05) is 65.2 Å². The van der Waals surface area contributed by atoms with Gasteiger partial charge in [-0.15, -0.1) is 0 Å². The number of amides is 1. The standard InChI is InChI=1S/C26H25N5O3/c32-23(33)7-4-14-27-24-25-28-15-22(31(25)16-21(30-24)17-5-2-1-3-6-17)18-8-10-19(11-9-18)26(34)29-20-12-13-20/h1-3,5-6,8-11,15-16,20H,4,7,12-14H2,(H,27,30)(H,29,34)(H,32,33). The molecule has 1 aliphatic carbocycles. The number of carbonyl (C=O) groups is 2. The first-order valence-electron chi connectivity index (χ1n) is 11.4. The van der Waals surface area contributed by atoms with Crippen LogP contribution in [0.5, 0.6) is 0 Å². The average molecular weight is 456 g/mol. The van der Waals surface area contributed by atoms with Gasteiger partial charge in [-0.05, 0) is 31.4 Å². The molecule has 0 bridgehead atoms. The monoisotopic (exact) mass is 455 g/mol. The number of aliphatic carboxylic acids is 1. The van der Waals surface area contributed by atoms with E-state index in [-0.39, 0.29) is 12.3 Å². The third-order valence-electron chi connectivity index (χ3n) is 5.78. The highest BCUT2D eigenvalue weighted by Gasteiger charge is 2.23. The van der Waals surface area contributed by atoms with Gasteiger partial charge in [-0.1, -0.05) is 42.5 Å². The molecule has 2 aromatic carbocycles. The fourth-order valence-corrected chi connectivity index (χ4v) is 3.80. The van der Waals surface area contributed by atoms with E-state index in [0.717, 1.165) is 35.4 Å². The molecular formula is C26H25N5O3. The molecule has 34 heavy (non-hydrogen) atoms. The van der Waals surface area contributed by atoms with Crippen LogP contribution in [0, 0.1) is 0 Å². The van der Waals surface area contributed by atoms with Crippen molar-refractivity contribution in [3.63, 3.8) is 0 Å². The first-order chi connectivity index (χ1) is 16.6. The van der Waals surface area contributed by atoms with Crippen LogP contribution in [0.4, 0.5) is 5.82 Å². The van der Waals surface area contributed by atoms with Crippen molar-refractivity contribution in [3.8, 4) is 22.5 Å². The van der Waals surface area contributed by atoms with Gasteiger partial charge in [-0.2, -0.15) is 0 Å². The van der Waals surface area contributed by atoms with Crippen LogP contribution in [0.2, 0.25) is 0 Å². The lowest BCUT2D eigenvalue weighted by Crippen LogP contribution is -2.25. The molecule has 2 aromatic heterocycles. The van der Waals surface area contributed by atoms with E-state index < -0.39 is 5.97 Å². The lowest BCUT2D eigenvalue weighted by Gasteiger charge is -2.11. The second-order valence-corrected chi connectivity index (χ2v) is 8.43. The fraction of sp³-hybridized carbons (Fsp3) is 0.231. The van der Waals surface area contributed by atoms with E-state index in [1.54, 1.807) is 6.20 Å². The van der Waals surface area contributed by atoms with Crippen molar-refractivity contribution in [2.75, 3.05) is 11.9 Å². The van der Waals surface area contributed by atoms with Crippen LogP contribution in [0.25, 0.3) is 28.2 Å². The predicted octanol–water partition coefficient (Wildman–Crippen LogP) is 4.23. The van der Waals surface area contributed by atoms with Gasteiger partial charge in [0, 0.05) is 41.9 Å². The third kappa shape index (κ3) is 4.76. The highest BCUT2D eigenvalue weighted by atomic mass is 16.4. The summed E-state index contributed by atoms with van der Waals surface area (Å²) in [5.74, 6) is -0.274. The molecule has 2 heterocycles. The van der Waals surface area contributed by atoms with Crippen molar-refractivity contribution >= 4 is 23.3 Å². The number of hydrogen-bond donors (Lipinski definition) is 3. The molecule has 0 unspecified atom stereocenters. The van der Waals surface area contributed by atoms with Crippen LogP contribution in [0.1, 0.15) is 36.0 Å². The topological polar surface area (TPSA) is 109 Å². The molecule has 1 fully saturated rings. The number of hydrogen-bond acceptors (Lipinski definition) is 5. The molecule has 0 atom stereocenters. The molecule has 0 aliphatic heterocycles. The number of aromatic nitrogens is 3. The zero-order valence-electron chi connectivity index (χ0n) is 18.6. The molecule has 8 nitrogen and oxygen atoms in total. The van der Waals surface area contributed by atoms with Gasteiger partial charge in [-0.3, -0.25) is 14.0 Å². The van der Waals surface area contributed by atoms with Crippen LogP contribution < -0.4 is 10.6 Å². The Labute approximate surface area is 196 Å². The minimum absolute atomic E-state index is 0.0457. The number of carboxylic acids is 1. The van der Waals surface area contributed by atoms with E-state index in [9.17, 15) is 9.59 Å². The Kier molecular flexibility index (Phi) is 5.95. The molecule has 172 valence electrons. The maximum absolute atomic E-state index is 12.3. The van der Waals surface area contributed by atoms with E-state index in [0.29, 0.717) is 36.0 Å². The maximum atomic E-state index is 12.3. The number of carboxylic acid groups (broad SMARTS) is 1. The minimum atomic E-state index is -0.824. The highest BCUT2D eigenvalue weighted by Crippen LogP contribution is 2.28. The third-order valence-corrected chi connectivity index (χ3v) is 5.78. The van der Waals surface area contributed by atoms with Crippen molar-refractivity contribution in [2.45, 2.75) is 31.7 Å². The predicted molar refractivity (Wildman–Crippen MR) is 130 cm³/mol. The number of anilines is 1. The molecule has 5 rings (SSSR count). The van der Waals surface area contributed by atoms with Crippen LogP contribution in [0.3, 0.4) is 0 Å². The summed E-state index contributed by atoms with van der Waals surface area (Å²) in [7, 11) is 0. The van der Waals surface area contributed by atoms with Gasteiger partial charge in [0.2, 0.25) is 0 Å². The normalized spacial score (nSPS) is 13.1. The van der Waals surface area contributed by atoms with Gasteiger partial charge < -0.3 is 15.7 Å². The Morgan fingerprint density at radius 1 is 1.03 bits per heavy atom. The van der Waals surface area contributed by atoms with E-state index in [2.05, 4.69) is 15.6 Å². The van der Waals surface area contributed by atoms with Crippen molar-refractivity contribution in [1.82, 2.24) is 19.7 Å². The summed E-state index contributed by atoms with van der Waals surface area (Å²) >= 11 is 0. The number of carbonyl (C=O) groups excluding carboxylic acids is 1. The summed E-state index contributed by atoms with van der Waals surface area (Å²) in [5, 5.41) is 15.2. The molecule has 4 aromatic rings. The Balaban J connectivity index is 1.49. The Morgan fingerprint density at radius 2 is 1.79 bits per heavy atom. The Bertz CT molecular complexity index is 1330. The number of rotatable bonds is 9. The zero-order chi connectivity index (χ0) is 23.5. The number of imidazole rings is 1. The van der Waals surface area contributed by atoms with Crippen molar-refractivity contribution in [1.29, 1.82) is 0 Å². The van der Waals surface area contributed by atoms with Gasteiger partial charge in [0.25, 0.3) is 5.91 Å². The van der Waals surface area contributed by atoms with Crippen LogP contribution in [-0.4, -0.2) is 43.9 Å². The van der Waals surface area contributed by atoms with Gasteiger partial charge in [0.15, 0.2) is 11.5 Å². The van der Waals surface area contributed by atoms with Crippen molar-refractivity contribution in [2.24, 2.45) is 0 Å². The molecule has 0 spiro atoms. The Hall–Kier alpha value is -4.20. The molecule has 1 aliphatic rings. The molecule has 0 radical (unpaired) electrons. The smallest absolute Gasteiger partial charge is 0.303 e. The van der Waals surface area contributed by atoms with Gasteiger partial charge in [0.1, 0.15) is 0 Å². The number of fused-ring (bicyclic) bond motifs is 1. The highest BCUT2D eigenvalue weighted by molar-refractivity contribution is 5.95. The first-order valence-corrected chi connectivity index (χ1v) is 11.4. The summed E-state index contributed by atoms with van der Waals surface area (Å²) in [6.45, 7) is 0.472. The molecule has 8 heteroatoms. The van der Waals surface area contributed by atoms with Gasteiger partial charge in [-0.25, -0.2) is 9.97 Å². The maximum Gasteiger partial charge on any atom is 0.303 e. The van der Waals surface area contributed by atoms with Crippen molar-refractivity contribution in [3.05, 3.63) is 72.6 Å². The molecule has 0 saturated heterocycles. The summed E-state index contributed by atoms with van der Waals surface area (Å²) < 4.78 is 1.98. The SMILES string of the molecule is O=C(O)CCCNc1nc(-c2ccccc2)cn2c(-c3ccc(C(=O)NC4CC4)cc3)cnc12. The molecule has 1 amide bonds. The number of benzene rings is 2. The van der Waals surface area contributed by atoms with Gasteiger partial charge >= 0.3 is 5.97 Å². The van der Waals surface area contributed by atoms with Crippen LogP contribution >= 0.6 is 0 Å². The largest absolute Gasteiger partial charge is 0.481 e. The van der Waals surface area contributed by atoms with E-state index in [1.165, 1.54) is 0 Å². The minimum Gasteiger partial charge on any atom is -0.481 e. The van der Waals surface area contributed by atoms with Gasteiger partial charge in [0.05, 0.1) is 17.6 Å². The van der Waals surface area contributed by atoms with Crippen LogP contribution in [-0.2, 0) is 4.79 Å². The number of nitrogens with zero attached hydrogens (tertiary/aromatic N) is 3. The first kappa shape index (κ1) is 21.6. The average Bonchev–Trinajstić information content (AvgIpc) is 3.57. The zero-order valence-corrected chi connectivity index (χ0v) is 18.6. The Morgan fingerprint density at radius 3 is 2.50 bits per heavy atom. The second kappa shape index (κ2) is 9.35. The quantitative estimate of drug-likeness (QED) is 0.326. The summed E-state index contributed by atoms with van der Waals surface area (Å²) in [6, 6.07) is 17.7. The summed E-state index contributed by atoms with van der Waals surface area (Å²) in [6.07, 6.45) is 6.40. The summed E-state index contributed by atoms with van der Waals surface area (Å²) in [4.78, 5) is 32.6. The number of nitrogens with one attached hydrogen (secondary N) is 2. The molecular weight excluding hydrogens is 430 g/mol. The lowest BCUT2D eigenvalue weighted by molar-refractivity contribution is -0.137. The van der Waals surface area contributed by atoms with Crippen molar-refractivity contribution < 1.29 is 14.7 Å². The second-order valence-electron chi connectivity index (χ2n) is 8.43. The lowest BCUT2D eigenvalue weighted by atomic mass is 10.1. The van der Waals surface area contributed by atoms with E-state index in [4.69, 9.17) is 10.1 Å². The van der Waals surface area contributed by atoms with E-state index >= 15 is 0 Å². The molecule has 3 N–H and O–H groups in total. The fourth-order valence-electron chi connectivity index (χ4n) is 3.80. The summed E-state index contributed by atoms with van der Waals surface area (Å²) in [5.41, 5.74) is 4.82. The van der Waals surface area contributed by atoms with Crippen LogP contribution in [0.15, 0.2) is 67.0 Å². The molecule has 1 saturated carbocycles.